The molecule has 0 spiro atoms. The summed E-state index contributed by atoms with van der Waals surface area (Å²) in [5, 5.41) is 5.74. The molecule has 146 valence electrons. The molecule has 1 amide bonds. The zero-order valence-corrected chi connectivity index (χ0v) is 15.5. The number of rotatable bonds is 3. The molecule has 4 nitrogen and oxygen atoms in total. The summed E-state index contributed by atoms with van der Waals surface area (Å²) >= 11 is 5.78. The first-order chi connectivity index (χ1) is 13.1. The van der Waals surface area contributed by atoms with Crippen molar-refractivity contribution in [2.24, 2.45) is 7.05 Å². The number of hydrogen-bond donors (Lipinski definition) is 1. The van der Waals surface area contributed by atoms with Crippen LogP contribution in [-0.4, -0.2) is 15.7 Å². The van der Waals surface area contributed by atoms with Gasteiger partial charge in [0.15, 0.2) is 5.69 Å². The number of aromatic nitrogens is 2. The van der Waals surface area contributed by atoms with E-state index in [4.69, 9.17) is 11.6 Å². The van der Waals surface area contributed by atoms with E-state index in [1.807, 2.05) is 0 Å². The molecule has 0 fully saturated rings. The number of aryl methyl sites for hydroxylation is 1. The Morgan fingerprint density at radius 1 is 1.14 bits per heavy atom. The molecule has 9 heteroatoms. The highest BCUT2D eigenvalue weighted by molar-refractivity contribution is 6.30. The second kappa shape index (κ2) is 7.27. The average molecular weight is 412 g/mol. The molecule has 3 aromatic rings. The van der Waals surface area contributed by atoms with Crippen LogP contribution in [0.4, 0.5) is 23.2 Å². The van der Waals surface area contributed by atoms with E-state index in [2.05, 4.69) is 10.4 Å². The number of alkyl halides is 3. The molecule has 1 N–H and O–H groups in total. The van der Waals surface area contributed by atoms with Gasteiger partial charge in [0.05, 0.1) is 10.6 Å². The molecule has 0 radical (unpaired) electrons. The highest BCUT2D eigenvalue weighted by atomic mass is 35.5. The largest absolute Gasteiger partial charge is 0.435 e. The topological polar surface area (TPSA) is 46.9 Å². The first kappa shape index (κ1) is 19.9. The Hall–Kier alpha value is -2.87. The van der Waals surface area contributed by atoms with E-state index in [1.165, 1.54) is 26.1 Å². The molecular formula is C19H14ClF4N3O. The average Bonchev–Trinajstić information content (AvgIpc) is 3.03. The summed E-state index contributed by atoms with van der Waals surface area (Å²) in [5.41, 5.74) is -0.496. The fourth-order valence-electron chi connectivity index (χ4n) is 2.82. The van der Waals surface area contributed by atoms with Crippen molar-refractivity contribution in [3.8, 4) is 11.1 Å². The van der Waals surface area contributed by atoms with Gasteiger partial charge in [-0.05, 0) is 30.2 Å². The SMILES string of the molecule is Cc1c(-c2ccccc2NC(=O)c2cn(C)nc2C(F)(F)F)ccc(Cl)c1F. The maximum Gasteiger partial charge on any atom is 0.435 e. The number of carbonyl (C=O) groups excluding carboxylic acids is 1. The summed E-state index contributed by atoms with van der Waals surface area (Å²) in [6, 6.07) is 9.37. The maximum atomic E-state index is 14.2. The lowest BCUT2D eigenvalue weighted by atomic mass is 9.98. The molecule has 2 aromatic carbocycles. The Labute approximate surface area is 162 Å². The summed E-state index contributed by atoms with van der Waals surface area (Å²) in [7, 11) is 1.29. The van der Waals surface area contributed by atoms with Crippen LogP contribution in [0, 0.1) is 12.7 Å². The van der Waals surface area contributed by atoms with Gasteiger partial charge >= 0.3 is 6.18 Å². The number of nitrogens with zero attached hydrogens (tertiary/aromatic N) is 2. The lowest BCUT2D eigenvalue weighted by Gasteiger charge is -2.14. The third-order valence-electron chi connectivity index (χ3n) is 4.15. The van der Waals surface area contributed by atoms with Crippen LogP contribution in [0.15, 0.2) is 42.6 Å². The van der Waals surface area contributed by atoms with Gasteiger partial charge in [0.1, 0.15) is 5.82 Å². The Kier molecular flexibility index (Phi) is 5.16. The zero-order valence-electron chi connectivity index (χ0n) is 14.7. The van der Waals surface area contributed by atoms with Gasteiger partial charge < -0.3 is 5.32 Å². The number of halogens is 5. The van der Waals surface area contributed by atoms with Crippen molar-refractivity contribution in [2.75, 3.05) is 5.32 Å². The fraction of sp³-hybridized carbons (Fsp3) is 0.158. The van der Waals surface area contributed by atoms with Crippen LogP contribution in [0.3, 0.4) is 0 Å². The second-order valence-corrected chi connectivity index (χ2v) is 6.50. The van der Waals surface area contributed by atoms with E-state index in [0.29, 0.717) is 11.1 Å². The number of nitrogens with one attached hydrogen (secondary N) is 1. The molecule has 0 saturated heterocycles. The van der Waals surface area contributed by atoms with Crippen molar-refractivity contribution in [1.29, 1.82) is 0 Å². The van der Waals surface area contributed by atoms with Crippen LogP contribution in [-0.2, 0) is 13.2 Å². The van der Waals surface area contributed by atoms with E-state index in [-0.39, 0.29) is 16.3 Å². The quantitative estimate of drug-likeness (QED) is 0.582. The smallest absolute Gasteiger partial charge is 0.321 e. The Morgan fingerprint density at radius 3 is 2.50 bits per heavy atom. The van der Waals surface area contributed by atoms with Gasteiger partial charge in [-0.25, -0.2) is 4.39 Å². The van der Waals surface area contributed by atoms with Crippen molar-refractivity contribution in [2.45, 2.75) is 13.1 Å². The molecule has 1 aromatic heterocycles. The first-order valence-corrected chi connectivity index (χ1v) is 8.43. The Balaban J connectivity index is 2.02. The standard InChI is InChI=1S/C19H14ClF4N3O/c1-10-11(7-8-14(20)16(10)21)12-5-3-4-6-15(12)25-18(28)13-9-27(2)26-17(13)19(22,23)24/h3-9H,1-2H3,(H,25,28). The van der Waals surface area contributed by atoms with Crippen molar-refractivity contribution >= 4 is 23.2 Å². The van der Waals surface area contributed by atoms with Crippen LogP contribution in [0.1, 0.15) is 21.6 Å². The molecule has 0 bridgehead atoms. The van der Waals surface area contributed by atoms with Crippen LogP contribution in [0.25, 0.3) is 11.1 Å². The minimum Gasteiger partial charge on any atom is -0.321 e. The number of amides is 1. The third kappa shape index (κ3) is 3.73. The third-order valence-corrected chi connectivity index (χ3v) is 4.44. The van der Waals surface area contributed by atoms with Crippen molar-refractivity contribution in [1.82, 2.24) is 9.78 Å². The second-order valence-electron chi connectivity index (χ2n) is 6.10. The van der Waals surface area contributed by atoms with Gasteiger partial charge in [-0.15, -0.1) is 0 Å². The molecule has 28 heavy (non-hydrogen) atoms. The number of para-hydroxylation sites is 1. The summed E-state index contributed by atoms with van der Waals surface area (Å²) < 4.78 is 54.5. The summed E-state index contributed by atoms with van der Waals surface area (Å²) in [5.74, 6) is -1.58. The van der Waals surface area contributed by atoms with E-state index in [0.717, 1.165) is 10.9 Å². The number of carbonyl (C=O) groups is 1. The number of benzene rings is 2. The maximum absolute atomic E-state index is 14.2. The van der Waals surface area contributed by atoms with Gasteiger partial charge in [-0.2, -0.15) is 18.3 Å². The van der Waals surface area contributed by atoms with E-state index >= 15 is 0 Å². The predicted molar refractivity (Wildman–Crippen MR) is 97.7 cm³/mol. The normalized spacial score (nSPS) is 11.5. The number of hydrogen-bond acceptors (Lipinski definition) is 2. The molecule has 1 heterocycles. The first-order valence-electron chi connectivity index (χ1n) is 8.05. The van der Waals surface area contributed by atoms with Gasteiger partial charge in [-0.3, -0.25) is 9.48 Å². The highest BCUT2D eigenvalue weighted by Crippen LogP contribution is 2.35. The zero-order chi connectivity index (χ0) is 20.6. The molecule has 0 unspecified atom stereocenters. The van der Waals surface area contributed by atoms with E-state index < -0.39 is 29.2 Å². The summed E-state index contributed by atoms with van der Waals surface area (Å²) in [4.78, 5) is 12.5. The van der Waals surface area contributed by atoms with E-state index in [9.17, 15) is 22.4 Å². The van der Waals surface area contributed by atoms with Gasteiger partial charge in [0, 0.05) is 24.5 Å². The summed E-state index contributed by atoms with van der Waals surface area (Å²) in [6.45, 7) is 1.53. The predicted octanol–water partition coefficient (Wildman–Crippen LogP) is 5.46. The van der Waals surface area contributed by atoms with Crippen molar-refractivity contribution < 1.29 is 22.4 Å². The number of anilines is 1. The molecule has 0 saturated carbocycles. The molecule has 0 aliphatic rings. The van der Waals surface area contributed by atoms with Gasteiger partial charge in [0.25, 0.3) is 5.91 Å². The Morgan fingerprint density at radius 2 is 1.82 bits per heavy atom. The molecule has 0 aliphatic carbocycles. The van der Waals surface area contributed by atoms with Crippen LogP contribution < -0.4 is 5.32 Å². The van der Waals surface area contributed by atoms with Crippen LogP contribution >= 0.6 is 11.6 Å². The lowest BCUT2D eigenvalue weighted by Crippen LogP contribution is -2.18. The molecular weight excluding hydrogens is 398 g/mol. The Bertz CT molecular complexity index is 1060. The van der Waals surface area contributed by atoms with Crippen molar-refractivity contribution in [3.63, 3.8) is 0 Å². The molecule has 0 aliphatic heterocycles. The fourth-order valence-corrected chi connectivity index (χ4v) is 3.03. The molecule has 3 rings (SSSR count). The monoisotopic (exact) mass is 411 g/mol. The van der Waals surface area contributed by atoms with Gasteiger partial charge in [-0.1, -0.05) is 35.9 Å². The summed E-state index contributed by atoms with van der Waals surface area (Å²) in [6.07, 6.45) is -3.78. The van der Waals surface area contributed by atoms with Crippen molar-refractivity contribution in [3.05, 3.63) is 70.3 Å². The van der Waals surface area contributed by atoms with E-state index in [1.54, 1.807) is 24.3 Å². The van der Waals surface area contributed by atoms with Crippen LogP contribution in [0.2, 0.25) is 5.02 Å². The molecule has 0 atom stereocenters. The highest BCUT2D eigenvalue weighted by Gasteiger charge is 2.39. The van der Waals surface area contributed by atoms with Gasteiger partial charge in [0.2, 0.25) is 0 Å². The lowest BCUT2D eigenvalue weighted by molar-refractivity contribution is -0.141. The minimum atomic E-state index is -4.77. The minimum absolute atomic E-state index is 0.0482. The van der Waals surface area contributed by atoms with Crippen LogP contribution in [0.5, 0.6) is 0 Å².